The number of carbonyl (C=O) groups excluding carboxylic acids is 1. The summed E-state index contributed by atoms with van der Waals surface area (Å²) in [4.78, 5) is 19.8. The van der Waals surface area contributed by atoms with Crippen LogP contribution in [0.4, 0.5) is 10.6 Å². The van der Waals surface area contributed by atoms with Crippen LogP contribution in [0.3, 0.4) is 0 Å². The highest BCUT2D eigenvalue weighted by molar-refractivity contribution is 5.65. The third kappa shape index (κ3) is 3.27. The maximum atomic E-state index is 12.1. The molecule has 0 amide bonds. The zero-order valence-corrected chi connectivity index (χ0v) is 17.2. The fourth-order valence-electron chi connectivity index (χ4n) is 4.19. The third-order valence-corrected chi connectivity index (χ3v) is 5.91. The van der Waals surface area contributed by atoms with Gasteiger partial charge in [-0.1, -0.05) is 0 Å². The van der Waals surface area contributed by atoms with Crippen LogP contribution in [-0.2, 0) is 23.7 Å². The zero-order valence-electron chi connectivity index (χ0n) is 17.2. The van der Waals surface area contributed by atoms with Crippen LogP contribution >= 0.6 is 0 Å². The molecule has 4 heterocycles. The second-order valence-electron chi connectivity index (χ2n) is 8.43. The van der Waals surface area contributed by atoms with Gasteiger partial charge in [0, 0.05) is 0 Å². The Morgan fingerprint density at radius 2 is 2.16 bits per heavy atom. The lowest BCUT2D eigenvalue weighted by molar-refractivity contribution is -0.208. The highest BCUT2D eigenvalue weighted by Gasteiger charge is 2.69. The van der Waals surface area contributed by atoms with Crippen molar-refractivity contribution in [3.63, 3.8) is 0 Å². The number of hydrogen-bond donors (Lipinski definition) is 1. The molecule has 0 bridgehead atoms. The molecular weight excluding hydrogens is 406 g/mol. The highest BCUT2D eigenvalue weighted by atomic mass is 16.8. The minimum absolute atomic E-state index is 0.122. The van der Waals surface area contributed by atoms with Gasteiger partial charge in [-0.25, -0.2) is 20.9 Å². The molecule has 0 radical (unpaired) electrons. The normalized spacial score (nSPS) is 31.7. The summed E-state index contributed by atoms with van der Waals surface area (Å²) in [5, 5.41) is 4.26. The van der Waals surface area contributed by atoms with E-state index in [-0.39, 0.29) is 12.7 Å². The average molecular weight is 429 g/mol. The van der Waals surface area contributed by atoms with Gasteiger partial charge in [-0.15, -0.1) is 0 Å². The molecule has 2 aromatic heterocycles. The van der Waals surface area contributed by atoms with Gasteiger partial charge in [-0.3, -0.25) is 9.58 Å². The van der Waals surface area contributed by atoms with Crippen molar-refractivity contribution in [3.8, 4) is 0 Å². The summed E-state index contributed by atoms with van der Waals surface area (Å²) in [6.07, 6.45) is 0.966. The first-order chi connectivity index (χ1) is 14.8. The van der Waals surface area contributed by atoms with Crippen molar-refractivity contribution in [1.82, 2.24) is 14.6 Å². The Morgan fingerprint density at radius 1 is 1.35 bits per heavy atom. The number of nitrogens with zero attached hydrogens (tertiary/aromatic N) is 4. The Balaban J connectivity index is 1.44. The number of rotatable bonds is 4. The van der Waals surface area contributed by atoms with Crippen molar-refractivity contribution < 1.29 is 28.5 Å². The van der Waals surface area contributed by atoms with E-state index in [4.69, 9.17) is 36.0 Å². The maximum absolute atomic E-state index is 12.1. The van der Waals surface area contributed by atoms with Gasteiger partial charge in [0.2, 0.25) is 6.61 Å². The van der Waals surface area contributed by atoms with Gasteiger partial charge in [-0.05, 0) is 45.2 Å². The summed E-state index contributed by atoms with van der Waals surface area (Å²) in [7, 11) is 0. The Morgan fingerprint density at radius 3 is 2.87 bits per heavy atom. The monoisotopic (exact) mass is 429 g/mol. The molecule has 1 aliphatic carbocycles. The van der Waals surface area contributed by atoms with E-state index in [1.165, 1.54) is 6.33 Å². The zero-order chi connectivity index (χ0) is 21.8. The molecule has 1 saturated carbocycles. The van der Waals surface area contributed by atoms with Gasteiger partial charge in [0.05, 0.1) is 5.69 Å². The number of ether oxygens (including phenoxy) is 5. The minimum Gasteiger partial charge on any atom is -0.431 e. The molecule has 2 aliphatic heterocycles. The van der Waals surface area contributed by atoms with E-state index in [1.807, 2.05) is 0 Å². The largest absolute Gasteiger partial charge is 0.508 e. The van der Waals surface area contributed by atoms with Crippen LogP contribution in [0.5, 0.6) is 0 Å². The van der Waals surface area contributed by atoms with Crippen LogP contribution in [0.15, 0.2) is 18.5 Å². The molecule has 4 atom stereocenters. The van der Waals surface area contributed by atoms with Gasteiger partial charge in [0.15, 0.2) is 17.7 Å². The summed E-state index contributed by atoms with van der Waals surface area (Å²) in [6.45, 7) is 11.0. The molecule has 164 valence electrons. The summed E-state index contributed by atoms with van der Waals surface area (Å²) in [5.41, 5.74) is 5.59. The van der Waals surface area contributed by atoms with Gasteiger partial charge >= 0.3 is 11.9 Å². The lowest BCUT2D eigenvalue weighted by Crippen LogP contribution is -2.45. The van der Waals surface area contributed by atoms with Crippen LogP contribution in [0, 0.1) is 6.57 Å². The lowest BCUT2D eigenvalue weighted by atomic mass is 9.96. The summed E-state index contributed by atoms with van der Waals surface area (Å²) in [5.74, 6) is -0.626. The van der Waals surface area contributed by atoms with Crippen LogP contribution in [0.2, 0.25) is 0 Å². The number of fused-ring (bicyclic) bond motifs is 2. The highest BCUT2D eigenvalue weighted by Crippen LogP contribution is 2.51. The van der Waals surface area contributed by atoms with E-state index in [9.17, 15) is 4.79 Å². The number of hydrogen-bond acceptors (Lipinski definition) is 9. The van der Waals surface area contributed by atoms with Gasteiger partial charge < -0.3 is 24.7 Å². The fourth-order valence-corrected chi connectivity index (χ4v) is 4.19. The third-order valence-electron chi connectivity index (χ3n) is 5.91. The smallest absolute Gasteiger partial charge is 0.431 e. The standard InChI is InChI=1S/C20H23N5O6/c1-19(2)29-15-14(12-7-8-13-17(21)23-10-24-25(12)13)30-20(22-3,16(15)31-19)9-27-18(26)28-11-5-4-6-11/h7-8,10-11,14-16H,4-6,9H2,1-2H3,(H2,21,23,24)/t14-,15-,16-,20+/m0/s1. The van der Waals surface area contributed by atoms with Crippen LogP contribution in [0.25, 0.3) is 10.4 Å². The molecule has 31 heavy (non-hydrogen) atoms. The number of nitrogen functional groups attached to an aromatic ring is 1. The van der Waals surface area contributed by atoms with E-state index in [0.717, 1.165) is 19.3 Å². The first-order valence-corrected chi connectivity index (χ1v) is 10.2. The number of anilines is 1. The Hall–Kier alpha value is -2.94. The SMILES string of the molecule is [C-]#[N+][C@]1(COC(=O)OC2CCC2)O[C@@H](c2ccc3c(N)ncnn23)[C@@H]2OC(C)(C)O[C@@H]21. The topological polar surface area (TPSA) is 124 Å². The second kappa shape index (κ2) is 7.05. The predicted molar refractivity (Wildman–Crippen MR) is 104 cm³/mol. The van der Waals surface area contributed by atoms with Gasteiger partial charge in [0.25, 0.3) is 0 Å². The molecule has 3 fully saturated rings. The van der Waals surface area contributed by atoms with Crippen LogP contribution < -0.4 is 5.73 Å². The molecule has 2 N–H and O–H groups in total. The maximum Gasteiger partial charge on any atom is 0.508 e. The van der Waals surface area contributed by atoms with Crippen molar-refractivity contribution in [2.45, 2.75) is 69.0 Å². The molecule has 0 aromatic carbocycles. The van der Waals surface area contributed by atoms with Crippen molar-refractivity contribution in [2.24, 2.45) is 0 Å². The lowest BCUT2D eigenvalue weighted by Gasteiger charge is -2.27. The molecule has 2 aromatic rings. The predicted octanol–water partition coefficient (Wildman–Crippen LogP) is 2.22. The first-order valence-electron chi connectivity index (χ1n) is 10.2. The molecule has 0 unspecified atom stereocenters. The molecule has 5 rings (SSSR count). The summed E-state index contributed by atoms with van der Waals surface area (Å²) >= 11 is 0. The molecule has 3 aliphatic rings. The quantitative estimate of drug-likeness (QED) is 0.575. The molecule has 11 nitrogen and oxygen atoms in total. The van der Waals surface area contributed by atoms with E-state index < -0.39 is 36.0 Å². The number of aromatic nitrogens is 3. The Bertz CT molecular complexity index is 1060. The Labute approximate surface area is 178 Å². The fraction of sp³-hybridized carbons (Fsp3) is 0.600. The van der Waals surface area contributed by atoms with Crippen molar-refractivity contribution in [3.05, 3.63) is 35.6 Å². The summed E-state index contributed by atoms with van der Waals surface area (Å²) < 4.78 is 30.4. The Kier molecular flexibility index (Phi) is 4.55. The average Bonchev–Trinajstić information content (AvgIpc) is 3.34. The molecule has 2 saturated heterocycles. The van der Waals surface area contributed by atoms with Crippen molar-refractivity contribution in [2.75, 3.05) is 12.3 Å². The van der Waals surface area contributed by atoms with E-state index in [1.54, 1.807) is 30.5 Å². The van der Waals surface area contributed by atoms with Crippen molar-refractivity contribution >= 4 is 17.5 Å². The molecule has 11 heteroatoms. The van der Waals surface area contributed by atoms with Crippen LogP contribution in [-0.4, -0.2) is 57.2 Å². The van der Waals surface area contributed by atoms with Crippen LogP contribution in [0.1, 0.15) is 44.9 Å². The minimum atomic E-state index is -1.59. The second-order valence-corrected chi connectivity index (χ2v) is 8.43. The first kappa shape index (κ1) is 20.0. The van der Waals surface area contributed by atoms with Gasteiger partial charge in [0.1, 0.15) is 30.2 Å². The number of nitrogens with two attached hydrogens (primary N) is 1. The van der Waals surface area contributed by atoms with Crippen molar-refractivity contribution in [1.29, 1.82) is 0 Å². The van der Waals surface area contributed by atoms with E-state index in [2.05, 4.69) is 14.9 Å². The molecule has 0 spiro atoms. The van der Waals surface area contributed by atoms with E-state index in [0.29, 0.717) is 17.0 Å². The van der Waals surface area contributed by atoms with E-state index >= 15 is 0 Å². The number of carbonyl (C=O) groups is 1. The molecular formula is C20H23N5O6. The van der Waals surface area contributed by atoms with Gasteiger partial charge in [-0.2, -0.15) is 5.10 Å². The summed E-state index contributed by atoms with van der Waals surface area (Å²) in [6, 6.07) is 3.57.